The predicted octanol–water partition coefficient (Wildman–Crippen LogP) is 2.86. The minimum atomic E-state index is -0.218. The molecule has 0 bridgehead atoms. The van der Waals surface area contributed by atoms with E-state index in [1.807, 2.05) is 6.07 Å². The highest BCUT2D eigenvalue weighted by atomic mass is 79.9. The first-order valence-electron chi connectivity index (χ1n) is 7.62. The molecule has 1 aromatic rings. The quantitative estimate of drug-likeness (QED) is 0.879. The Hall–Kier alpha value is -0.490. The van der Waals surface area contributed by atoms with Crippen molar-refractivity contribution in [3.05, 3.63) is 34.1 Å². The van der Waals surface area contributed by atoms with Crippen molar-refractivity contribution in [3.8, 4) is 0 Å². The zero-order chi connectivity index (χ0) is 15.4. The molecule has 3 nitrogen and oxygen atoms in total. The molecule has 0 saturated carbocycles. The Morgan fingerprint density at radius 2 is 1.90 bits per heavy atom. The van der Waals surface area contributed by atoms with Gasteiger partial charge in [0.05, 0.1) is 4.47 Å². The summed E-state index contributed by atoms with van der Waals surface area (Å²) in [4.78, 5) is 4.87. The molecule has 0 spiro atoms. The van der Waals surface area contributed by atoms with Crippen LogP contribution in [0.2, 0.25) is 0 Å². The molecular weight excluding hydrogens is 333 g/mol. The second-order valence-electron chi connectivity index (χ2n) is 6.16. The van der Waals surface area contributed by atoms with Crippen molar-refractivity contribution in [2.45, 2.75) is 19.9 Å². The van der Waals surface area contributed by atoms with E-state index in [1.54, 1.807) is 12.1 Å². The van der Waals surface area contributed by atoms with E-state index in [4.69, 9.17) is 5.73 Å². The Kier molecular flexibility index (Phi) is 6.17. The number of nitrogens with zero attached hydrogens (tertiary/aromatic N) is 2. The molecule has 0 radical (unpaired) electrons. The molecule has 118 valence electrons. The normalized spacial score (nSPS) is 19.1. The lowest BCUT2D eigenvalue weighted by Crippen LogP contribution is -2.49. The van der Waals surface area contributed by atoms with E-state index in [-0.39, 0.29) is 11.9 Å². The first-order chi connectivity index (χ1) is 10.0. The average molecular weight is 358 g/mol. The van der Waals surface area contributed by atoms with E-state index in [2.05, 4.69) is 39.6 Å². The van der Waals surface area contributed by atoms with Crippen LogP contribution >= 0.6 is 15.9 Å². The molecule has 2 rings (SSSR count). The van der Waals surface area contributed by atoms with E-state index < -0.39 is 0 Å². The molecule has 1 unspecified atom stereocenters. The molecule has 1 saturated heterocycles. The van der Waals surface area contributed by atoms with Crippen LogP contribution in [0.4, 0.5) is 4.39 Å². The lowest BCUT2D eigenvalue weighted by atomic mass is 10.0. The lowest BCUT2D eigenvalue weighted by molar-refractivity contribution is 0.0911. The maximum absolute atomic E-state index is 13.7. The van der Waals surface area contributed by atoms with Crippen molar-refractivity contribution in [1.82, 2.24) is 9.80 Å². The highest BCUT2D eigenvalue weighted by molar-refractivity contribution is 9.10. The third-order valence-corrected chi connectivity index (χ3v) is 4.67. The van der Waals surface area contributed by atoms with E-state index in [0.717, 1.165) is 38.3 Å². The van der Waals surface area contributed by atoms with Crippen LogP contribution in [0.5, 0.6) is 0 Å². The van der Waals surface area contributed by atoms with Crippen LogP contribution < -0.4 is 5.73 Å². The van der Waals surface area contributed by atoms with Crippen molar-refractivity contribution >= 4 is 15.9 Å². The molecule has 1 heterocycles. The van der Waals surface area contributed by atoms with Gasteiger partial charge in [0.2, 0.25) is 0 Å². The summed E-state index contributed by atoms with van der Waals surface area (Å²) >= 11 is 3.20. The van der Waals surface area contributed by atoms with Crippen molar-refractivity contribution in [3.63, 3.8) is 0 Å². The fraction of sp³-hybridized carbons (Fsp3) is 0.625. The fourth-order valence-corrected chi connectivity index (χ4v) is 3.24. The van der Waals surface area contributed by atoms with Gasteiger partial charge in [-0.25, -0.2) is 4.39 Å². The average Bonchev–Trinajstić information content (AvgIpc) is 2.45. The van der Waals surface area contributed by atoms with E-state index in [9.17, 15) is 4.39 Å². The third kappa shape index (κ3) is 4.49. The van der Waals surface area contributed by atoms with Crippen LogP contribution in [-0.4, -0.2) is 49.1 Å². The van der Waals surface area contributed by atoms with Gasteiger partial charge in [-0.1, -0.05) is 19.9 Å². The molecule has 1 aliphatic heterocycles. The topological polar surface area (TPSA) is 32.5 Å². The number of benzene rings is 1. The summed E-state index contributed by atoms with van der Waals surface area (Å²) in [6.07, 6.45) is 0. The molecule has 1 aliphatic rings. The highest BCUT2D eigenvalue weighted by Crippen LogP contribution is 2.25. The second kappa shape index (κ2) is 7.68. The minimum Gasteiger partial charge on any atom is -0.329 e. The van der Waals surface area contributed by atoms with Gasteiger partial charge < -0.3 is 10.6 Å². The summed E-state index contributed by atoms with van der Waals surface area (Å²) in [5.41, 5.74) is 6.92. The van der Waals surface area contributed by atoms with Crippen LogP contribution in [0.1, 0.15) is 25.5 Å². The highest BCUT2D eigenvalue weighted by Gasteiger charge is 2.24. The first kappa shape index (κ1) is 16.9. The maximum atomic E-state index is 13.7. The van der Waals surface area contributed by atoms with Crippen LogP contribution in [0.3, 0.4) is 0 Å². The van der Waals surface area contributed by atoms with Gasteiger partial charge in [0.15, 0.2) is 0 Å². The number of hydrogen-bond acceptors (Lipinski definition) is 3. The molecular formula is C16H25BrFN3. The Labute approximate surface area is 135 Å². The van der Waals surface area contributed by atoms with Gasteiger partial charge >= 0.3 is 0 Å². The van der Waals surface area contributed by atoms with Crippen molar-refractivity contribution in [2.75, 3.05) is 39.3 Å². The second-order valence-corrected chi connectivity index (χ2v) is 7.01. The molecule has 1 fully saturated rings. The van der Waals surface area contributed by atoms with E-state index in [1.165, 1.54) is 0 Å². The van der Waals surface area contributed by atoms with Gasteiger partial charge in [-0.15, -0.1) is 0 Å². The lowest BCUT2D eigenvalue weighted by Gasteiger charge is -2.39. The first-order valence-corrected chi connectivity index (χ1v) is 8.42. The Bertz CT molecular complexity index is 459. The standard InChI is InChI=1S/C16H25BrFN3/c1-12(2)11-20-5-7-21(8-6-20)16(10-19)13-3-4-14(17)15(18)9-13/h3-4,9,12,16H,5-8,10-11,19H2,1-2H3. The number of nitrogens with two attached hydrogens (primary N) is 1. The van der Waals surface area contributed by atoms with Crippen LogP contribution in [0.25, 0.3) is 0 Å². The smallest absolute Gasteiger partial charge is 0.137 e. The number of hydrogen-bond donors (Lipinski definition) is 1. The monoisotopic (exact) mass is 357 g/mol. The summed E-state index contributed by atoms with van der Waals surface area (Å²) in [6, 6.07) is 5.43. The third-order valence-electron chi connectivity index (χ3n) is 4.02. The Balaban J connectivity index is 2.00. The zero-order valence-corrected chi connectivity index (χ0v) is 14.4. The van der Waals surface area contributed by atoms with E-state index in [0.29, 0.717) is 16.9 Å². The van der Waals surface area contributed by atoms with Crippen LogP contribution in [0, 0.1) is 11.7 Å². The molecule has 21 heavy (non-hydrogen) atoms. The maximum Gasteiger partial charge on any atom is 0.137 e. The summed E-state index contributed by atoms with van der Waals surface area (Å²) in [6.45, 7) is 10.3. The number of rotatable bonds is 5. The van der Waals surface area contributed by atoms with Gasteiger partial charge in [-0.2, -0.15) is 0 Å². The van der Waals surface area contributed by atoms with E-state index >= 15 is 0 Å². The van der Waals surface area contributed by atoms with Crippen molar-refractivity contribution < 1.29 is 4.39 Å². The van der Waals surface area contributed by atoms with Gasteiger partial charge in [0.1, 0.15) is 5.82 Å². The van der Waals surface area contributed by atoms with Crippen LogP contribution in [-0.2, 0) is 0 Å². The van der Waals surface area contributed by atoms with Gasteiger partial charge in [-0.05, 0) is 39.5 Å². The predicted molar refractivity (Wildman–Crippen MR) is 88.7 cm³/mol. The van der Waals surface area contributed by atoms with Gasteiger partial charge in [0.25, 0.3) is 0 Å². The zero-order valence-electron chi connectivity index (χ0n) is 12.9. The summed E-state index contributed by atoms with van der Waals surface area (Å²) in [5.74, 6) is 0.479. The summed E-state index contributed by atoms with van der Waals surface area (Å²) in [7, 11) is 0. The SMILES string of the molecule is CC(C)CN1CCN(C(CN)c2ccc(Br)c(F)c2)CC1. The van der Waals surface area contributed by atoms with Crippen LogP contribution in [0.15, 0.2) is 22.7 Å². The summed E-state index contributed by atoms with van der Waals surface area (Å²) < 4.78 is 14.2. The van der Waals surface area contributed by atoms with Crippen molar-refractivity contribution in [2.24, 2.45) is 11.7 Å². The number of piperazine rings is 1. The molecule has 5 heteroatoms. The van der Waals surface area contributed by atoms with Gasteiger partial charge in [0, 0.05) is 45.3 Å². The molecule has 0 aromatic heterocycles. The minimum absolute atomic E-state index is 0.105. The number of halogens is 2. The Morgan fingerprint density at radius 3 is 2.43 bits per heavy atom. The fourth-order valence-electron chi connectivity index (χ4n) is 2.99. The molecule has 0 aliphatic carbocycles. The van der Waals surface area contributed by atoms with Gasteiger partial charge in [-0.3, -0.25) is 4.90 Å². The molecule has 1 aromatic carbocycles. The van der Waals surface area contributed by atoms with Crippen molar-refractivity contribution in [1.29, 1.82) is 0 Å². The molecule has 0 amide bonds. The summed E-state index contributed by atoms with van der Waals surface area (Å²) in [5, 5.41) is 0. The Morgan fingerprint density at radius 1 is 1.24 bits per heavy atom. The largest absolute Gasteiger partial charge is 0.329 e. The molecule has 2 N–H and O–H groups in total. The molecule has 1 atom stereocenters.